The van der Waals surface area contributed by atoms with Crippen LogP contribution in [0.4, 0.5) is 11.4 Å². The number of para-hydroxylation sites is 1. The van der Waals surface area contributed by atoms with Crippen molar-refractivity contribution in [1.82, 2.24) is 0 Å². The van der Waals surface area contributed by atoms with Crippen LogP contribution in [0.15, 0.2) is 65.0 Å². The van der Waals surface area contributed by atoms with Crippen molar-refractivity contribution in [1.29, 1.82) is 0 Å². The van der Waals surface area contributed by atoms with E-state index in [-0.39, 0.29) is 0 Å². The lowest BCUT2D eigenvalue weighted by Gasteiger charge is -2.26. The van der Waals surface area contributed by atoms with Crippen molar-refractivity contribution in [3.63, 3.8) is 0 Å². The van der Waals surface area contributed by atoms with E-state index in [2.05, 4.69) is 0 Å². The number of anilines is 2. The summed E-state index contributed by atoms with van der Waals surface area (Å²) in [6, 6.07) is 14.4. The lowest BCUT2D eigenvalue weighted by molar-refractivity contribution is 0.415. The summed E-state index contributed by atoms with van der Waals surface area (Å²) >= 11 is 0. The summed E-state index contributed by atoms with van der Waals surface area (Å²) < 4.78 is 29.2. The zero-order valence-corrected chi connectivity index (χ0v) is 11.7. The Morgan fingerprint density at radius 3 is 2.40 bits per heavy atom. The van der Waals surface area contributed by atoms with E-state index in [1.807, 2.05) is 35.2 Å². The van der Waals surface area contributed by atoms with Crippen molar-refractivity contribution in [2.24, 2.45) is 0 Å². The van der Waals surface area contributed by atoms with Gasteiger partial charge in [-0.1, -0.05) is 12.1 Å². The molecule has 2 aromatic rings. The molecule has 0 bridgehead atoms. The molecule has 102 valence electrons. The monoisotopic (exact) mass is 287 g/mol. The molecule has 20 heavy (non-hydrogen) atoms. The summed E-state index contributed by atoms with van der Waals surface area (Å²) in [5.41, 5.74) is 1.53. The van der Waals surface area contributed by atoms with Crippen LogP contribution in [0.1, 0.15) is 0 Å². The predicted octanol–water partition coefficient (Wildman–Crippen LogP) is 3.09. The third-order valence-corrected chi connectivity index (χ3v) is 4.61. The van der Waals surface area contributed by atoms with Crippen LogP contribution in [-0.4, -0.2) is 15.5 Å². The number of ether oxygens (including phenoxy) is 1. The van der Waals surface area contributed by atoms with E-state index < -0.39 is 9.84 Å². The molecule has 0 radical (unpaired) electrons. The van der Waals surface area contributed by atoms with Crippen molar-refractivity contribution in [2.75, 3.05) is 12.0 Å². The van der Waals surface area contributed by atoms with Gasteiger partial charge in [-0.2, -0.15) is 0 Å². The second kappa shape index (κ2) is 4.68. The second-order valence-electron chi connectivity index (χ2n) is 4.37. The highest BCUT2D eigenvalue weighted by Gasteiger charge is 2.24. The number of fused-ring (bicyclic) bond motifs is 1. The highest BCUT2D eigenvalue weighted by Crippen LogP contribution is 2.36. The van der Waals surface area contributed by atoms with Crippen LogP contribution in [0.3, 0.4) is 0 Å². The highest BCUT2D eigenvalue weighted by atomic mass is 32.2. The number of methoxy groups -OCH3 is 1. The maximum atomic E-state index is 12.0. The zero-order chi connectivity index (χ0) is 14.2. The Balaban J connectivity index is 2.11. The predicted molar refractivity (Wildman–Crippen MR) is 77.9 cm³/mol. The first-order valence-electron chi connectivity index (χ1n) is 6.07. The van der Waals surface area contributed by atoms with Crippen LogP contribution < -0.4 is 9.64 Å². The summed E-state index contributed by atoms with van der Waals surface area (Å²) in [4.78, 5) is 2.16. The zero-order valence-electron chi connectivity index (χ0n) is 10.9. The average molecular weight is 287 g/mol. The van der Waals surface area contributed by atoms with Gasteiger partial charge in [-0.15, -0.1) is 0 Å². The van der Waals surface area contributed by atoms with Gasteiger partial charge < -0.3 is 9.64 Å². The molecule has 0 unspecified atom stereocenters. The van der Waals surface area contributed by atoms with Gasteiger partial charge in [-0.25, -0.2) is 8.42 Å². The van der Waals surface area contributed by atoms with Crippen molar-refractivity contribution < 1.29 is 13.2 Å². The largest absolute Gasteiger partial charge is 0.497 e. The molecule has 0 aliphatic carbocycles. The lowest BCUT2D eigenvalue weighted by Crippen LogP contribution is -2.17. The molecule has 0 amide bonds. The van der Waals surface area contributed by atoms with E-state index in [1.165, 1.54) is 5.41 Å². The number of nitrogens with zero attached hydrogens (tertiary/aromatic N) is 1. The molecule has 0 atom stereocenters. The molecule has 5 heteroatoms. The maximum absolute atomic E-state index is 12.0. The van der Waals surface area contributed by atoms with Crippen LogP contribution in [0.5, 0.6) is 5.75 Å². The number of rotatable bonds is 2. The van der Waals surface area contributed by atoms with E-state index >= 15 is 0 Å². The first kappa shape index (κ1) is 12.7. The smallest absolute Gasteiger partial charge is 0.203 e. The van der Waals surface area contributed by atoms with E-state index in [0.717, 1.165) is 11.4 Å². The van der Waals surface area contributed by atoms with Gasteiger partial charge in [-0.3, -0.25) is 0 Å². The fourth-order valence-electron chi connectivity index (χ4n) is 2.16. The van der Waals surface area contributed by atoms with Crippen LogP contribution >= 0.6 is 0 Å². The fraction of sp³-hybridized carbons (Fsp3) is 0.0667. The van der Waals surface area contributed by atoms with Crippen molar-refractivity contribution in [2.45, 2.75) is 4.90 Å². The maximum Gasteiger partial charge on any atom is 0.203 e. The molecule has 2 aromatic carbocycles. The Labute approximate surface area is 117 Å². The van der Waals surface area contributed by atoms with Crippen LogP contribution in [0.2, 0.25) is 0 Å². The summed E-state index contributed by atoms with van der Waals surface area (Å²) in [7, 11) is -1.73. The summed E-state index contributed by atoms with van der Waals surface area (Å²) in [6.07, 6.45) is 1.57. The van der Waals surface area contributed by atoms with Gasteiger partial charge in [-0.05, 0) is 36.4 Å². The average Bonchev–Trinajstić information content (AvgIpc) is 2.48. The van der Waals surface area contributed by atoms with Gasteiger partial charge in [0.05, 0.1) is 23.1 Å². The van der Waals surface area contributed by atoms with E-state index in [4.69, 9.17) is 4.74 Å². The number of hydrogen-bond donors (Lipinski definition) is 0. The van der Waals surface area contributed by atoms with Crippen molar-refractivity contribution >= 4 is 21.2 Å². The summed E-state index contributed by atoms with van der Waals surface area (Å²) in [6.45, 7) is 0. The molecule has 1 aliphatic rings. The molecule has 0 saturated carbocycles. The molecule has 1 aliphatic heterocycles. The Morgan fingerprint density at radius 2 is 1.70 bits per heavy atom. The van der Waals surface area contributed by atoms with E-state index in [0.29, 0.717) is 10.6 Å². The van der Waals surface area contributed by atoms with Gasteiger partial charge >= 0.3 is 0 Å². The highest BCUT2D eigenvalue weighted by molar-refractivity contribution is 7.94. The van der Waals surface area contributed by atoms with Gasteiger partial charge in [0.25, 0.3) is 0 Å². The molecular weight excluding hydrogens is 274 g/mol. The van der Waals surface area contributed by atoms with Gasteiger partial charge in [0.15, 0.2) is 0 Å². The number of benzene rings is 2. The fourth-order valence-corrected chi connectivity index (χ4v) is 3.31. The molecule has 0 spiro atoms. The summed E-state index contributed by atoms with van der Waals surface area (Å²) in [5.74, 6) is 0.760. The molecule has 4 nitrogen and oxygen atoms in total. The quantitative estimate of drug-likeness (QED) is 0.851. The van der Waals surface area contributed by atoms with Crippen LogP contribution in [0, 0.1) is 0 Å². The number of hydrogen-bond acceptors (Lipinski definition) is 4. The molecule has 3 rings (SSSR count). The Bertz CT molecular complexity index is 764. The molecule has 1 heterocycles. The minimum Gasteiger partial charge on any atom is -0.497 e. The lowest BCUT2D eigenvalue weighted by atomic mass is 10.2. The second-order valence-corrected chi connectivity index (χ2v) is 6.17. The minimum absolute atomic E-state index is 0.318. The molecule has 0 N–H and O–H groups in total. The Morgan fingerprint density at radius 1 is 1.00 bits per heavy atom. The third kappa shape index (κ3) is 2.06. The molecule has 0 aromatic heterocycles. The molecular formula is C15H13NO3S. The summed E-state index contributed by atoms with van der Waals surface area (Å²) in [5, 5.41) is 1.22. The Kier molecular flexibility index (Phi) is 2.99. The SMILES string of the molecule is COc1ccc(N2C=CS(=O)(=O)c3ccccc32)cc1. The normalized spacial score (nSPS) is 15.8. The number of sulfone groups is 1. The molecule has 0 saturated heterocycles. The standard InChI is InChI=1S/C15H13NO3S/c1-19-13-8-6-12(7-9-13)16-10-11-20(17,18)15-5-3-2-4-14(15)16/h2-11H,1H3. The van der Waals surface area contributed by atoms with Gasteiger partial charge in [0, 0.05) is 11.9 Å². The van der Waals surface area contributed by atoms with Gasteiger partial charge in [0.2, 0.25) is 9.84 Å². The first-order chi connectivity index (χ1) is 9.62. The topological polar surface area (TPSA) is 46.6 Å². The molecule has 0 fully saturated rings. The van der Waals surface area contributed by atoms with Crippen molar-refractivity contribution in [3.8, 4) is 5.75 Å². The Hall–Kier alpha value is -2.27. The van der Waals surface area contributed by atoms with Gasteiger partial charge in [0.1, 0.15) is 5.75 Å². The first-order valence-corrected chi connectivity index (χ1v) is 7.62. The third-order valence-electron chi connectivity index (χ3n) is 3.17. The van der Waals surface area contributed by atoms with Crippen LogP contribution in [0.25, 0.3) is 0 Å². The van der Waals surface area contributed by atoms with E-state index in [1.54, 1.807) is 31.5 Å². The van der Waals surface area contributed by atoms with Crippen molar-refractivity contribution in [3.05, 3.63) is 60.1 Å². The van der Waals surface area contributed by atoms with E-state index in [9.17, 15) is 8.42 Å². The minimum atomic E-state index is -3.34. The van der Waals surface area contributed by atoms with Crippen LogP contribution in [-0.2, 0) is 9.84 Å².